The Bertz CT molecular complexity index is 736. The van der Waals surface area contributed by atoms with Crippen LogP contribution in [0, 0.1) is 0 Å². The van der Waals surface area contributed by atoms with Gasteiger partial charge in [0.25, 0.3) is 0 Å². The molecule has 2 heterocycles. The highest BCUT2D eigenvalue weighted by molar-refractivity contribution is 9.11. The Labute approximate surface area is 143 Å². The maximum absolute atomic E-state index is 11.4. The molecule has 1 aromatic heterocycles. The number of amides is 1. The molecule has 2 N–H and O–H groups in total. The van der Waals surface area contributed by atoms with Gasteiger partial charge < -0.3 is 10.6 Å². The van der Waals surface area contributed by atoms with Gasteiger partial charge in [0, 0.05) is 20.8 Å². The monoisotopic (exact) mass is 429 g/mol. The molecule has 4 nitrogen and oxygen atoms in total. The number of nitrogens with one attached hydrogen (secondary N) is 2. The van der Waals surface area contributed by atoms with Gasteiger partial charge in [0.15, 0.2) is 0 Å². The second-order valence-electron chi connectivity index (χ2n) is 4.65. The Hall–Kier alpha value is -1.11. The number of carbonyl (C=O) groups excluding carboxylic acids is 1. The Morgan fingerprint density at radius 2 is 2.14 bits per heavy atom. The number of pyridine rings is 1. The van der Waals surface area contributed by atoms with Gasteiger partial charge in [-0.3, -0.25) is 9.78 Å². The maximum Gasteiger partial charge on any atom is 0.228 e. The number of nitrogens with zero attached hydrogens (tertiary/aromatic N) is 1. The van der Waals surface area contributed by atoms with Crippen molar-refractivity contribution in [2.75, 3.05) is 10.6 Å². The summed E-state index contributed by atoms with van der Waals surface area (Å²) in [5.41, 5.74) is 3.42. The first-order chi connectivity index (χ1) is 10.0. The minimum Gasteiger partial charge on any atom is -0.378 e. The molecule has 0 unspecified atom stereocenters. The van der Waals surface area contributed by atoms with Crippen LogP contribution in [0.3, 0.4) is 0 Å². The van der Waals surface area contributed by atoms with Crippen LogP contribution >= 0.6 is 43.5 Å². The van der Waals surface area contributed by atoms with E-state index in [1.807, 2.05) is 12.1 Å². The molecule has 0 radical (unpaired) electrons. The largest absolute Gasteiger partial charge is 0.378 e. The normalized spacial score (nSPS) is 13.0. The van der Waals surface area contributed by atoms with E-state index in [0.29, 0.717) is 18.0 Å². The van der Waals surface area contributed by atoms with Crippen molar-refractivity contribution >= 4 is 60.7 Å². The fourth-order valence-electron chi connectivity index (χ4n) is 2.14. The lowest BCUT2D eigenvalue weighted by Gasteiger charge is -2.11. The van der Waals surface area contributed by atoms with Gasteiger partial charge in [0.2, 0.25) is 5.91 Å². The number of carbonyl (C=O) groups is 1. The van der Waals surface area contributed by atoms with Gasteiger partial charge in [0.05, 0.1) is 29.4 Å². The van der Waals surface area contributed by atoms with Crippen molar-refractivity contribution in [3.05, 3.63) is 49.6 Å². The van der Waals surface area contributed by atoms with Crippen molar-refractivity contribution in [1.82, 2.24) is 4.98 Å². The molecule has 0 aliphatic carbocycles. The molecule has 3 rings (SSSR count). The third-order valence-corrected chi connectivity index (χ3v) is 4.58. The summed E-state index contributed by atoms with van der Waals surface area (Å²) >= 11 is 13.1. The lowest BCUT2D eigenvalue weighted by molar-refractivity contribution is -0.115. The number of aromatic nitrogens is 1. The van der Waals surface area contributed by atoms with E-state index in [4.69, 9.17) is 11.6 Å². The van der Waals surface area contributed by atoms with E-state index in [1.165, 1.54) is 0 Å². The van der Waals surface area contributed by atoms with Crippen LogP contribution in [-0.2, 0) is 17.8 Å². The van der Waals surface area contributed by atoms with Crippen LogP contribution in [0.15, 0.2) is 33.3 Å². The minimum atomic E-state index is -0.00413. The minimum absolute atomic E-state index is 0.00413. The first-order valence-corrected chi connectivity index (χ1v) is 8.15. The van der Waals surface area contributed by atoms with Crippen LogP contribution in [0.2, 0.25) is 5.02 Å². The van der Waals surface area contributed by atoms with E-state index in [9.17, 15) is 4.79 Å². The van der Waals surface area contributed by atoms with Crippen LogP contribution in [0.5, 0.6) is 0 Å². The molecule has 1 aliphatic heterocycles. The zero-order valence-corrected chi connectivity index (χ0v) is 14.6. The standard InChI is InChI=1S/C14H10Br2ClN3O/c15-8-3-9(16)13(18-5-8)6-19-12-1-7-2-14(21)20-11(7)4-10(12)17/h1,3-5,19H,2,6H2,(H,20,21). The molecule has 0 atom stereocenters. The summed E-state index contributed by atoms with van der Waals surface area (Å²) in [7, 11) is 0. The highest BCUT2D eigenvalue weighted by Gasteiger charge is 2.19. The molecule has 1 aliphatic rings. The van der Waals surface area contributed by atoms with E-state index in [1.54, 1.807) is 12.3 Å². The van der Waals surface area contributed by atoms with Crippen molar-refractivity contribution in [2.24, 2.45) is 0 Å². The van der Waals surface area contributed by atoms with E-state index in [0.717, 1.165) is 31.6 Å². The van der Waals surface area contributed by atoms with Crippen LogP contribution in [0.1, 0.15) is 11.3 Å². The zero-order chi connectivity index (χ0) is 15.0. The van der Waals surface area contributed by atoms with Gasteiger partial charge >= 0.3 is 0 Å². The predicted molar refractivity (Wildman–Crippen MR) is 90.7 cm³/mol. The van der Waals surface area contributed by atoms with Gasteiger partial charge in [-0.1, -0.05) is 11.6 Å². The van der Waals surface area contributed by atoms with Gasteiger partial charge in [-0.25, -0.2) is 0 Å². The summed E-state index contributed by atoms with van der Waals surface area (Å²) in [5.74, 6) is -0.00413. The second kappa shape index (κ2) is 5.94. The average molecular weight is 432 g/mol. The number of hydrogen-bond acceptors (Lipinski definition) is 3. The smallest absolute Gasteiger partial charge is 0.228 e. The van der Waals surface area contributed by atoms with Crippen molar-refractivity contribution in [1.29, 1.82) is 0 Å². The molecule has 0 saturated carbocycles. The lowest BCUT2D eigenvalue weighted by atomic mass is 10.1. The average Bonchev–Trinajstić information content (AvgIpc) is 2.76. The Balaban J connectivity index is 1.79. The fraction of sp³-hybridized carbons (Fsp3) is 0.143. The molecule has 7 heteroatoms. The van der Waals surface area contributed by atoms with Crippen molar-refractivity contribution in [3.63, 3.8) is 0 Å². The van der Waals surface area contributed by atoms with E-state index in [-0.39, 0.29) is 5.91 Å². The molecular formula is C14H10Br2ClN3O. The van der Waals surface area contributed by atoms with Crippen molar-refractivity contribution in [3.8, 4) is 0 Å². The van der Waals surface area contributed by atoms with Crippen LogP contribution in [0.4, 0.5) is 11.4 Å². The highest BCUT2D eigenvalue weighted by Crippen LogP contribution is 2.33. The molecule has 108 valence electrons. The quantitative estimate of drug-likeness (QED) is 0.759. The number of rotatable bonds is 3. The summed E-state index contributed by atoms with van der Waals surface area (Å²) in [4.78, 5) is 15.7. The molecule has 2 aromatic rings. The first kappa shape index (κ1) is 14.8. The lowest BCUT2D eigenvalue weighted by Crippen LogP contribution is -2.03. The number of hydrogen-bond donors (Lipinski definition) is 2. The van der Waals surface area contributed by atoms with E-state index < -0.39 is 0 Å². The Morgan fingerprint density at radius 3 is 2.90 bits per heavy atom. The molecule has 21 heavy (non-hydrogen) atoms. The topological polar surface area (TPSA) is 54.0 Å². The van der Waals surface area contributed by atoms with Gasteiger partial charge in [-0.2, -0.15) is 0 Å². The van der Waals surface area contributed by atoms with Gasteiger partial charge in [-0.15, -0.1) is 0 Å². The van der Waals surface area contributed by atoms with Crippen LogP contribution in [-0.4, -0.2) is 10.9 Å². The first-order valence-electron chi connectivity index (χ1n) is 6.19. The summed E-state index contributed by atoms with van der Waals surface area (Å²) in [6.45, 7) is 0.535. The number of fused-ring (bicyclic) bond motifs is 1. The molecular weight excluding hydrogens is 421 g/mol. The Kier molecular flexibility index (Phi) is 4.19. The van der Waals surface area contributed by atoms with Gasteiger partial charge in [0.1, 0.15) is 0 Å². The SMILES string of the molecule is O=C1Cc2cc(NCc3ncc(Br)cc3Br)c(Cl)cc2N1. The third-order valence-electron chi connectivity index (χ3n) is 3.15. The van der Waals surface area contributed by atoms with Crippen molar-refractivity contribution < 1.29 is 4.79 Å². The van der Waals surface area contributed by atoms with Gasteiger partial charge in [-0.05, 0) is 55.6 Å². The summed E-state index contributed by atoms with van der Waals surface area (Å²) in [5, 5.41) is 6.61. The highest BCUT2D eigenvalue weighted by atomic mass is 79.9. The fourth-order valence-corrected chi connectivity index (χ4v) is 3.49. The number of benzene rings is 1. The third kappa shape index (κ3) is 3.22. The molecule has 0 fully saturated rings. The predicted octanol–water partition coefficient (Wildman–Crippen LogP) is 4.37. The van der Waals surface area contributed by atoms with Crippen LogP contribution < -0.4 is 10.6 Å². The molecule has 0 saturated heterocycles. The Morgan fingerprint density at radius 1 is 1.33 bits per heavy atom. The summed E-state index contributed by atoms with van der Waals surface area (Å²) in [6, 6.07) is 5.62. The van der Waals surface area contributed by atoms with Crippen molar-refractivity contribution in [2.45, 2.75) is 13.0 Å². The van der Waals surface area contributed by atoms with E-state index in [2.05, 4.69) is 47.5 Å². The van der Waals surface area contributed by atoms with E-state index >= 15 is 0 Å². The summed E-state index contributed by atoms with van der Waals surface area (Å²) in [6.07, 6.45) is 2.13. The number of anilines is 2. The molecule has 0 bridgehead atoms. The van der Waals surface area contributed by atoms with Crippen LogP contribution in [0.25, 0.3) is 0 Å². The second-order valence-corrected chi connectivity index (χ2v) is 6.83. The zero-order valence-electron chi connectivity index (χ0n) is 10.7. The summed E-state index contributed by atoms with van der Waals surface area (Å²) < 4.78 is 1.83. The number of halogens is 3. The molecule has 0 spiro atoms. The molecule has 1 aromatic carbocycles. The maximum atomic E-state index is 11.4. The molecule has 1 amide bonds.